The summed E-state index contributed by atoms with van der Waals surface area (Å²) in [6.07, 6.45) is -2.61. The van der Waals surface area contributed by atoms with E-state index in [0.717, 1.165) is 6.42 Å². The minimum absolute atomic E-state index is 0.00964. The standard InChI is InChI=1S/C31H49NO10/c1-11-18(6)14-26(33)38-22(10)19(7)27(28(32)29(34)35)23-12-13-24(41-30(36)39-20(8)16(2)3)25(15-23)42-31(37)40-21(9)17(4)5/h12-13,15-22,27-28H,11,14,32H2,1-10H3,(H,34,35)/t18?,19?,20?,21?,22?,27?,28-/m0/s1. The topological polar surface area (TPSA) is 161 Å². The van der Waals surface area contributed by atoms with Gasteiger partial charge < -0.3 is 34.5 Å². The summed E-state index contributed by atoms with van der Waals surface area (Å²) in [5.74, 6) is -3.28. The Kier molecular flexibility index (Phi) is 14.8. The number of benzene rings is 1. The van der Waals surface area contributed by atoms with Crippen LogP contribution in [0.5, 0.6) is 11.5 Å². The average Bonchev–Trinajstić information content (AvgIpc) is 2.89. The Morgan fingerprint density at radius 1 is 0.762 bits per heavy atom. The van der Waals surface area contributed by atoms with Crippen LogP contribution in [0.1, 0.15) is 93.6 Å². The molecule has 11 nitrogen and oxygen atoms in total. The van der Waals surface area contributed by atoms with Gasteiger partial charge in [0.15, 0.2) is 11.5 Å². The van der Waals surface area contributed by atoms with E-state index in [4.69, 9.17) is 29.4 Å². The zero-order valence-corrected chi connectivity index (χ0v) is 26.5. The van der Waals surface area contributed by atoms with Crippen molar-refractivity contribution in [3.05, 3.63) is 23.8 Å². The Bertz CT molecular complexity index is 1060. The van der Waals surface area contributed by atoms with Crippen molar-refractivity contribution in [1.29, 1.82) is 0 Å². The van der Waals surface area contributed by atoms with Crippen molar-refractivity contribution in [2.45, 2.75) is 112 Å². The highest BCUT2D eigenvalue weighted by molar-refractivity contribution is 5.75. The molecule has 0 aliphatic rings. The number of carbonyl (C=O) groups excluding carboxylic acids is 3. The summed E-state index contributed by atoms with van der Waals surface area (Å²) in [7, 11) is 0. The molecule has 0 amide bonds. The lowest BCUT2D eigenvalue weighted by Gasteiger charge is -2.32. The first-order valence-corrected chi connectivity index (χ1v) is 14.6. The largest absolute Gasteiger partial charge is 0.514 e. The third kappa shape index (κ3) is 11.5. The van der Waals surface area contributed by atoms with Gasteiger partial charge in [-0.3, -0.25) is 9.59 Å². The SMILES string of the molecule is CCC(C)CC(=O)OC(C)C(C)C(c1ccc(OC(=O)OC(C)C(C)C)c(OC(=O)OC(C)C(C)C)c1)[C@H](N)C(=O)O. The van der Waals surface area contributed by atoms with Crippen molar-refractivity contribution < 1.29 is 48.0 Å². The molecule has 238 valence electrons. The molecule has 0 fully saturated rings. The van der Waals surface area contributed by atoms with E-state index in [2.05, 4.69) is 0 Å². The number of nitrogens with two attached hydrogens (primary N) is 1. The number of rotatable bonds is 15. The van der Waals surface area contributed by atoms with Crippen LogP contribution in [0, 0.1) is 23.7 Å². The number of ether oxygens (including phenoxy) is 5. The number of carbonyl (C=O) groups is 4. The maximum Gasteiger partial charge on any atom is 0.514 e. The van der Waals surface area contributed by atoms with Crippen LogP contribution in [-0.4, -0.2) is 53.7 Å². The van der Waals surface area contributed by atoms with E-state index < -0.39 is 60.4 Å². The molecule has 0 aromatic heterocycles. The lowest BCUT2D eigenvalue weighted by atomic mass is 9.79. The monoisotopic (exact) mass is 595 g/mol. The Balaban J connectivity index is 3.46. The first-order valence-electron chi connectivity index (χ1n) is 14.6. The minimum atomic E-state index is -1.40. The second kappa shape index (κ2) is 16.9. The molecule has 0 heterocycles. The molecule has 1 rings (SSSR count). The van der Waals surface area contributed by atoms with Crippen LogP contribution in [0.25, 0.3) is 0 Å². The molecule has 1 aromatic carbocycles. The van der Waals surface area contributed by atoms with Gasteiger partial charge >= 0.3 is 24.2 Å². The molecule has 11 heteroatoms. The number of hydrogen-bond donors (Lipinski definition) is 2. The summed E-state index contributed by atoms with van der Waals surface area (Å²) in [6.45, 7) is 18.2. The van der Waals surface area contributed by atoms with Crippen LogP contribution in [-0.2, 0) is 23.8 Å². The van der Waals surface area contributed by atoms with Gasteiger partial charge in [-0.15, -0.1) is 0 Å². The molecule has 6 unspecified atom stereocenters. The quantitative estimate of drug-likeness (QED) is 0.133. The Morgan fingerprint density at radius 3 is 1.71 bits per heavy atom. The molecule has 0 spiro atoms. The van der Waals surface area contributed by atoms with Gasteiger partial charge in [-0.05, 0) is 56.2 Å². The summed E-state index contributed by atoms with van der Waals surface area (Å²) in [5, 5.41) is 9.82. The summed E-state index contributed by atoms with van der Waals surface area (Å²) in [5.41, 5.74) is 6.50. The average molecular weight is 596 g/mol. The van der Waals surface area contributed by atoms with Crippen molar-refractivity contribution in [3.63, 3.8) is 0 Å². The number of aliphatic carboxylic acids is 1. The van der Waals surface area contributed by atoms with E-state index in [-0.39, 0.29) is 35.7 Å². The molecule has 0 bridgehead atoms. The normalized spacial score (nSPS) is 16.4. The third-order valence-corrected chi connectivity index (χ3v) is 7.69. The van der Waals surface area contributed by atoms with Crippen molar-refractivity contribution in [2.75, 3.05) is 0 Å². The van der Waals surface area contributed by atoms with Crippen molar-refractivity contribution in [3.8, 4) is 11.5 Å². The van der Waals surface area contributed by atoms with E-state index in [1.54, 1.807) is 27.7 Å². The van der Waals surface area contributed by atoms with Crippen LogP contribution < -0.4 is 15.2 Å². The number of carboxylic acids is 1. The molecule has 1 aromatic rings. The minimum Gasteiger partial charge on any atom is -0.480 e. The predicted octanol–water partition coefficient (Wildman–Crippen LogP) is 6.31. The van der Waals surface area contributed by atoms with E-state index in [0.29, 0.717) is 5.56 Å². The highest BCUT2D eigenvalue weighted by Crippen LogP contribution is 2.37. The zero-order chi connectivity index (χ0) is 32.3. The highest BCUT2D eigenvalue weighted by Gasteiger charge is 2.36. The lowest BCUT2D eigenvalue weighted by Crippen LogP contribution is -2.42. The van der Waals surface area contributed by atoms with Gasteiger partial charge in [0.1, 0.15) is 24.4 Å². The molecule has 3 N–H and O–H groups in total. The molecule has 7 atom stereocenters. The fourth-order valence-electron chi connectivity index (χ4n) is 3.77. The van der Waals surface area contributed by atoms with Crippen LogP contribution in [0.4, 0.5) is 9.59 Å². The van der Waals surface area contributed by atoms with Crippen LogP contribution in [0.2, 0.25) is 0 Å². The van der Waals surface area contributed by atoms with E-state index >= 15 is 0 Å². The van der Waals surface area contributed by atoms with Crippen LogP contribution in [0.3, 0.4) is 0 Å². The maximum absolute atomic E-state index is 12.6. The summed E-state index contributed by atoms with van der Waals surface area (Å²) in [6, 6.07) is 2.84. The van der Waals surface area contributed by atoms with E-state index in [9.17, 15) is 24.3 Å². The Hall–Kier alpha value is -3.34. The number of hydrogen-bond acceptors (Lipinski definition) is 10. The molecule has 42 heavy (non-hydrogen) atoms. The zero-order valence-electron chi connectivity index (χ0n) is 26.5. The fraction of sp³-hybridized carbons (Fsp3) is 0.677. The van der Waals surface area contributed by atoms with Gasteiger partial charge in [0.05, 0.1) is 0 Å². The Morgan fingerprint density at radius 2 is 1.26 bits per heavy atom. The van der Waals surface area contributed by atoms with Gasteiger partial charge in [0.25, 0.3) is 0 Å². The molecule has 0 radical (unpaired) electrons. The maximum atomic E-state index is 12.6. The smallest absolute Gasteiger partial charge is 0.480 e. The van der Waals surface area contributed by atoms with E-state index in [1.807, 2.05) is 41.5 Å². The molecule has 0 saturated heterocycles. The van der Waals surface area contributed by atoms with Gasteiger partial charge in [-0.25, -0.2) is 9.59 Å². The fourth-order valence-corrected chi connectivity index (χ4v) is 3.77. The molecule has 0 saturated carbocycles. The van der Waals surface area contributed by atoms with Gasteiger partial charge in [0, 0.05) is 18.3 Å². The van der Waals surface area contributed by atoms with Gasteiger partial charge in [0.2, 0.25) is 0 Å². The molecule has 0 aliphatic heterocycles. The van der Waals surface area contributed by atoms with Crippen LogP contribution >= 0.6 is 0 Å². The first kappa shape index (κ1) is 36.7. The van der Waals surface area contributed by atoms with Gasteiger partial charge in [-0.1, -0.05) is 61.0 Å². The van der Waals surface area contributed by atoms with Crippen LogP contribution in [0.15, 0.2) is 18.2 Å². The van der Waals surface area contributed by atoms with Gasteiger partial charge in [-0.2, -0.15) is 0 Å². The predicted molar refractivity (Wildman–Crippen MR) is 156 cm³/mol. The van der Waals surface area contributed by atoms with Crippen molar-refractivity contribution in [2.24, 2.45) is 29.4 Å². The van der Waals surface area contributed by atoms with E-state index in [1.165, 1.54) is 18.2 Å². The summed E-state index contributed by atoms with van der Waals surface area (Å²) < 4.78 is 27.0. The summed E-state index contributed by atoms with van der Waals surface area (Å²) in [4.78, 5) is 49.6. The molecular weight excluding hydrogens is 546 g/mol. The molecule has 0 aliphatic carbocycles. The second-order valence-electron chi connectivity index (χ2n) is 11.7. The number of esters is 1. The third-order valence-electron chi connectivity index (χ3n) is 7.69. The number of carboxylic acid groups (broad SMARTS) is 1. The van der Waals surface area contributed by atoms with Crippen molar-refractivity contribution >= 4 is 24.2 Å². The van der Waals surface area contributed by atoms with Crippen molar-refractivity contribution in [1.82, 2.24) is 0 Å². The first-order chi connectivity index (χ1) is 19.5. The molecular formula is C31H49NO10. The Labute approximate surface area is 249 Å². The lowest BCUT2D eigenvalue weighted by molar-refractivity contribution is -0.152. The summed E-state index contributed by atoms with van der Waals surface area (Å²) >= 11 is 0. The highest BCUT2D eigenvalue weighted by atomic mass is 16.7. The second-order valence-corrected chi connectivity index (χ2v) is 11.7.